The Hall–Kier alpha value is -0.990. The van der Waals surface area contributed by atoms with Crippen LogP contribution >= 0.6 is 0 Å². The van der Waals surface area contributed by atoms with Crippen LogP contribution in [0.4, 0.5) is 5.95 Å². The molecule has 2 aliphatic carbocycles. The first-order valence-corrected chi connectivity index (χ1v) is 8.06. The van der Waals surface area contributed by atoms with Crippen molar-refractivity contribution in [2.24, 2.45) is 10.8 Å². The predicted octanol–water partition coefficient (Wildman–Crippen LogP) is 4.54. The molecule has 20 heavy (non-hydrogen) atoms. The van der Waals surface area contributed by atoms with E-state index in [0.29, 0.717) is 22.9 Å². The van der Waals surface area contributed by atoms with Gasteiger partial charge >= 0.3 is 0 Å². The van der Waals surface area contributed by atoms with Gasteiger partial charge < -0.3 is 9.88 Å². The van der Waals surface area contributed by atoms with Crippen LogP contribution in [0, 0.1) is 17.8 Å². The Bertz CT molecular complexity index is 478. The SMILES string of the molecule is Cc1cn(C2CC(C)(C)CC(C)(C)C2)c(NC2CC2)n1. The fourth-order valence-electron chi connectivity index (χ4n) is 4.30. The summed E-state index contributed by atoms with van der Waals surface area (Å²) in [5, 5.41) is 3.61. The summed E-state index contributed by atoms with van der Waals surface area (Å²) < 4.78 is 2.43. The molecule has 0 atom stereocenters. The van der Waals surface area contributed by atoms with Crippen LogP contribution in [0.2, 0.25) is 0 Å². The molecular formula is C17H29N3. The van der Waals surface area contributed by atoms with Crippen molar-refractivity contribution >= 4 is 5.95 Å². The molecule has 1 aromatic heterocycles. The van der Waals surface area contributed by atoms with Gasteiger partial charge in [-0.25, -0.2) is 4.98 Å². The lowest BCUT2D eigenvalue weighted by Crippen LogP contribution is -2.35. The first-order valence-electron chi connectivity index (χ1n) is 8.06. The van der Waals surface area contributed by atoms with Gasteiger partial charge in [0.05, 0.1) is 5.69 Å². The molecular weight excluding hydrogens is 246 g/mol. The average molecular weight is 275 g/mol. The van der Waals surface area contributed by atoms with Crippen molar-refractivity contribution in [1.29, 1.82) is 0 Å². The highest BCUT2D eigenvalue weighted by Gasteiger charge is 2.40. The highest BCUT2D eigenvalue weighted by molar-refractivity contribution is 5.33. The number of imidazole rings is 1. The van der Waals surface area contributed by atoms with Gasteiger partial charge in [0.1, 0.15) is 0 Å². The van der Waals surface area contributed by atoms with E-state index in [1.165, 1.54) is 32.1 Å². The molecule has 0 aliphatic heterocycles. The second kappa shape index (κ2) is 4.51. The average Bonchev–Trinajstić information content (AvgIpc) is 2.97. The molecule has 0 saturated heterocycles. The summed E-state index contributed by atoms with van der Waals surface area (Å²) >= 11 is 0. The van der Waals surface area contributed by atoms with E-state index < -0.39 is 0 Å². The Morgan fingerprint density at radius 1 is 1.15 bits per heavy atom. The maximum atomic E-state index is 4.71. The van der Waals surface area contributed by atoms with E-state index >= 15 is 0 Å². The summed E-state index contributed by atoms with van der Waals surface area (Å²) in [5.74, 6) is 1.10. The number of nitrogens with zero attached hydrogens (tertiary/aromatic N) is 2. The molecule has 0 radical (unpaired) electrons. The summed E-state index contributed by atoms with van der Waals surface area (Å²) in [6.45, 7) is 11.8. The van der Waals surface area contributed by atoms with Crippen molar-refractivity contribution in [3.63, 3.8) is 0 Å². The lowest BCUT2D eigenvalue weighted by molar-refractivity contribution is 0.0730. The number of hydrogen-bond donors (Lipinski definition) is 1. The Kier molecular flexibility index (Phi) is 3.15. The third-order valence-electron chi connectivity index (χ3n) is 4.69. The van der Waals surface area contributed by atoms with Gasteiger partial charge in [-0.15, -0.1) is 0 Å². The zero-order valence-electron chi connectivity index (χ0n) is 13.7. The van der Waals surface area contributed by atoms with Crippen LogP contribution in [0.1, 0.15) is 71.5 Å². The van der Waals surface area contributed by atoms with E-state index in [1.54, 1.807) is 0 Å². The zero-order valence-corrected chi connectivity index (χ0v) is 13.7. The molecule has 1 N–H and O–H groups in total. The Morgan fingerprint density at radius 2 is 1.75 bits per heavy atom. The smallest absolute Gasteiger partial charge is 0.203 e. The van der Waals surface area contributed by atoms with Gasteiger partial charge in [0.15, 0.2) is 0 Å². The molecule has 1 heterocycles. The molecule has 1 aromatic rings. The maximum Gasteiger partial charge on any atom is 0.203 e. The van der Waals surface area contributed by atoms with Crippen molar-refractivity contribution in [1.82, 2.24) is 9.55 Å². The van der Waals surface area contributed by atoms with E-state index in [4.69, 9.17) is 4.98 Å². The van der Waals surface area contributed by atoms with Gasteiger partial charge in [0.25, 0.3) is 0 Å². The quantitative estimate of drug-likeness (QED) is 0.877. The lowest BCUT2D eigenvalue weighted by Gasteiger charge is -2.45. The van der Waals surface area contributed by atoms with Crippen molar-refractivity contribution in [3.05, 3.63) is 11.9 Å². The number of nitrogens with one attached hydrogen (secondary N) is 1. The van der Waals surface area contributed by atoms with Crippen LogP contribution < -0.4 is 5.32 Å². The van der Waals surface area contributed by atoms with Crippen molar-refractivity contribution in [2.45, 2.75) is 78.8 Å². The minimum atomic E-state index is 0.418. The summed E-state index contributed by atoms with van der Waals surface area (Å²) in [6.07, 6.45) is 8.67. The molecule has 2 fully saturated rings. The maximum absolute atomic E-state index is 4.71. The monoisotopic (exact) mass is 275 g/mol. The number of hydrogen-bond acceptors (Lipinski definition) is 2. The molecule has 0 unspecified atom stereocenters. The van der Waals surface area contributed by atoms with Gasteiger partial charge in [-0.1, -0.05) is 27.7 Å². The van der Waals surface area contributed by atoms with Crippen LogP contribution in [0.25, 0.3) is 0 Å². The lowest BCUT2D eigenvalue weighted by atomic mass is 9.63. The molecule has 2 saturated carbocycles. The van der Waals surface area contributed by atoms with E-state index in [2.05, 4.69) is 50.7 Å². The number of anilines is 1. The predicted molar refractivity (Wildman–Crippen MR) is 84.1 cm³/mol. The molecule has 0 amide bonds. The summed E-state index contributed by atoms with van der Waals surface area (Å²) in [6, 6.07) is 1.25. The van der Waals surface area contributed by atoms with Crippen LogP contribution in [-0.4, -0.2) is 15.6 Å². The zero-order chi connectivity index (χ0) is 14.5. The molecule has 112 valence electrons. The van der Waals surface area contributed by atoms with Crippen LogP contribution in [0.3, 0.4) is 0 Å². The molecule has 2 aliphatic rings. The Balaban J connectivity index is 1.87. The fourth-order valence-corrected chi connectivity index (χ4v) is 4.30. The van der Waals surface area contributed by atoms with Crippen molar-refractivity contribution in [2.75, 3.05) is 5.32 Å². The highest BCUT2D eigenvalue weighted by atomic mass is 15.2. The summed E-state index contributed by atoms with van der Waals surface area (Å²) in [4.78, 5) is 4.71. The number of aryl methyl sites for hydroxylation is 1. The first kappa shape index (κ1) is 14.0. The van der Waals surface area contributed by atoms with Crippen LogP contribution in [0.15, 0.2) is 6.20 Å². The molecule has 3 rings (SSSR count). The minimum Gasteiger partial charge on any atom is -0.353 e. The summed E-state index contributed by atoms with van der Waals surface area (Å²) in [7, 11) is 0. The topological polar surface area (TPSA) is 29.9 Å². The largest absolute Gasteiger partial charge is 0.353 e. The minimum absolute atomic E-state index is 0.418. The van der Waals surface area contributed by atoms with E-state index in [0.717, 1.165) is 11.6 Å². The second-order valence-corrected chi connectivity index (χ2v) is 8.60. The van der Waals surface area contributed by atoms with E-state index in [9.17, 15) is 0 Å². The molecule has 0 spiro atoms. The van der Waals surface area contributed by atoms with Gasteiger partial charge in [-0.2, -0.15) is 0 Å². The van der Waals surface area contributed by atoms with Crippen molar-refractivity contribution in [3.8, 4) is 0 Å². The first-order chi connectivity index (χ1) is 9.24. The molecule has 3 nitrogen and oxygen atoms in total. The highest BCUT2D eigenvalue weighted by Crippen LogP contribution is 2.50. The fraction of sp³-hybridized carbons (Fsp3) is 0.824. The third-order valence-corrected chi connectivity index (χ3v) is 4.69. The Morgan fingerprint density at radius 3 is 2.30 bits per heavy atom. The normalized spacial score (nSPS) is 25.6. The summed E-state index contributed by atoms with van der Waals surface area (Å²) in [5.41, 5.74) is 1.97. The third kappa shape index (κ3) is 3.02. The van der Waals surface area contributed by atoms with Crippen LogP contribution in [-0.2, 0) is 0 Å². The Labute approximate surface area is 123 Å². The standard InChI is InChI=1S/C17H29N3/c1-12-10-20(15(18-12)19-13-6-7-13)14-8-16(2,3)11-17(4,5)9-14/h10,13-14H,6-9,11H2,1-5H3,(H,18,19). The van der Waals surface area contributed by atoms with Crippen molar-refractivity contribution < 1.29 is 0 Å². The van der Waals surface area contributed by atoms with Crippen LogP contribution in [0.5, 0.6) is 0 Å². The van der Waals surface area contributed by atoms with Gasteiger partial charge in [-0.05, 0) is 49.9 Å². The van der Waals surface area contributed by atoms with Gasteiger partial charge in [0.2, 0.25) is 5.95 Å². The van der Waals surface area contributed by atoms with Gasteiger partial charge in [0, 0.05) is 18.3 Å². The second-order valence-electron chi connectivity index (χ2n) is 8.60. The van der Waals surface area contributed by atoms with Gasteiger partial charge in [-0.3, -0.25) is 0 Å². The number of rotatable bonds is 3. The molecule has 0 aromatic carbocycles. The number of aromatic nitrogens is 2. The molecule has 3 heteroatoms. The molecule has 0 bridgehead atoms. The van der Waals surface area contributed by atoms with E-state index in [1.807, 2.05) is 0 Å². The van der Waals surface area contributed by atoms with E-state index in [-0.39, 0.29) is 0 Å².